The van der Waals surface area contributed by atoms with E-state index in [2.05, 4.69) is 19.1 Å². The van der Waals surface area contributed by atoms with Gasteiger partial charge >= 0.3 is 5.97 Å². The van der Waals surface area contributed by atoms with E-state index in [4.69, 9.17) is 4.74 Å². The number of fused-ring (bicyclic) bond motifs is 1. The molecule has 0 spiro atoms. The highest BCUT2D eigenvalue weighted by molar-refractivity contribution is 5.94. The minimum atomic E-state index is -0.941. The number of aryl methyl sites for hydroxylation is 2. The zero-order valence-corrected chi connectivity index (χ0v) is 19.2. The minimum Gasteiger partial charge on any atom is -0.491 e. The maximum atomic E-state index is 11.2. The number of hydrogen-bond acceptors (Lipinski definition) is 3. The number of benzene rings is 2. The molecular weight excluding hydrogens is 402 g/mol. The molecule has 0 aliphatic heterocycles. The molecule has 1 heterocycles. The number of aromatic carboxylic acids is 1. The molecule has 3 rings (SSSR count). The zero-order valence-electron chi connectivity index (χ0n) is 19.2. The number of hydrogen-bond donors (Lipinski definition) is 2. The summed E-state index contributed by atoms with van der Waals surface area (Å²) in [6.45, 7) is 4.78. The van der Waals surface area contributed by atoms with Crippen molar-refractivity contribution in [2.75, 3.05) is 6.61 Å². The molecule has 172 valence electrons. The Bertz CT molecular complexity index is 1010. The molecule has 0 fully saturated rings. The Morgan fingerprint density at radius 2 is 1.72 bits per heavy atom. The number of aliphatic hydroxyl groups is 1. The van der Waals surface area contributed by atoms with Crippen LogP contribution >= 0.6 is 0 Å². The maximum Gasteiger partial charge on any atom is 0.335 e. The van der Waals surface area contributed by atoms with Gasteiger partial charge in [-0.3, -0.25) is 0 Å². The molecule has 1 unspecified atom stereocenters. The summed E-state index contributed by atoms with van der Waals surface area (Å²) in [5.74, 6) is -0.181. The molecule has 0 saturated carbocycles. The van der Waals surface area contributed by atoms with Crippen molar-refractivity contribution in [1.29, 1.82) is 0 Å². The molecule has 0 aliphatic rings. The van der Waals surface area contributed by atoms with Gasteiger partial charge < -0.3 is 19.5 Å². The number of unbranched alkanes of at least 4 members (excludes halogenated alkanes) is 5. The highest BCUT2D eigenvalue weighted by atomic mass is 16.5. The third-order valence-electron chi connectivity index (χ3n) is 5.93. The average molecular weight is 438 g/mol. The summed E-state index contributed by atoms with van der Waals surface area (Å²) in [7, 11) is 0. The quantitative estimate of drug-likeness (QED) is 0.322. The van der Waals surface area contributed by atoms with Gasteiger partial charge in [0.1, 0.15) is 18.5 Å². The van der Waals surface area contributed by atoms with Crippen molar-refractivity contribution >= 4 is 16.9 Å². The highest BCUT2D eigenvalue weighted by Gasteiger charge is 2.13. The fourth-order valence-electron chi connectivity index (χ4n) is 4.10. The normalized spacial score (nSPS) is 12.2. The van der Waals surface area contributed by atoms with Crippen LogP contribution in [0.4, 0.5) is 0 Å². The molecule has 0 aliphatic carbocycles. The number of rotatable bonds is 13. The highest BCUT2D eigenvalue weighted by Crippen LogP contribution is 2.22. The van der Waals surface area contributed by atoms with Crippen LogP contribution in [0.5, 0.6) is 5.75 Å². The second-order valence-corrected chi connectivity index (χ2v) is 8.60. The molecule has 0 amide bonds. The van der Waals surface area contributed by atoms with Gasteiger partial charge in [0.25, 0.3) is 0 Å². The van der Waals surface area contributed by atoms with E-state index in [1.807, 2.05) is 29.7 Å². The fraction of sp³-hybridized carbons (Fsp3) is 0.444. The molecule has 1 atom stereocenters. The van der Waals surface area contributed by atoms with Crippen LogP contribution in [-0.2, 0) is 13.0 Å². The summed E-state index contributed by atoms with van der Waals surface area (Å²) in [5, 5.41) is 20.6. The van der Waals surface area contributed by atoms with Gasteiger partial charge in [0.2, 0.25) is 0 Å². The summed E-state index contributed by atoms with van der Waals surface area (Å²) >= 11 is 0. The van der Waals surface area contributed by atoms with Crippen molar-refractivity contribution in [2.24, 2.45) is 0 Å². The number of carboxylic acid groups (broad SMARTS) is 1. The third kappa shape index (κ3) is 6.60. The van der Waals surface area contributed by atoms with Crippen LogP contribution in [0.1, 0.15) is 67.1 Å². The molecule has 0 bridgehead atoms. The standard InChI is InChI=1S/C27H35NO4/c1-3-4-5-6-7-8-9-21-10-13-25(14-11-21)32-19-24(29)18-28-20(2)16-23-17-22(27(30)31)12-15-26(23)28/h10-17,24,29H,3-9,18-19H2,1-2H3,(H,30,31). The predicted molar refractivity (Wildman–Crippen MR) is 129 cm³/mol. The van der Waals surface area contributed by atoms with E-state index < -0.39 is 12.1 Å². The van der Waals surface area contributed by atoms with Crippen molar-refractivity contribution < 1.29 is 19.7 Å². The van der Waals surface area contributed by atoms with E-state index in [-0.39, 0.29) is 12.2 Å². The van der Waals surface area contributed by atoms with Crippen LogP contribution < -0.4 is 4.74 Å². The van der Waals surface area contributed by atoms with Gasteiger partial charge in [0.05, 0.1) is 12.1 Å². The van der Waals surface area contributed by atoms with Crippen molar-refractivity contribution in [3.63, 3.8) is 0 Å². The molecule has 5 heteroatoms. The second kappa shape index (κ2) is 11.7. The van der Waals surface area contributed by atoms with Gasteiger partial charge in [-0.25, -0.2) is 4.79 Å². The van der Waals surface area contributed by atoms with Crippen molar-refractivity contribution in [1.82, 2.24) is 4.57 Å². The maximum absolute atomic E-state index is 11.2. The van der Waals surface area contributed by atoms with Crippen LogP contribution in [0.2, 0.25) is 0 Å². The third-order valence-corrected chi connectivity index (χ3v) is 5.93. The number of aromatic nitrogens is 1. The van der Waals surface area contributed by atoms with E-state index in [1.54, 1.807) is 18.2 Å². The number of carboxylic acids is 1. The number of carbonyl (C=O) groups is 1. The van der Waals surface area contributed by atoms with E-state index >= 15 is 0 Å². The first-order chi connectivity index (χ1) is 15.5. The zero-order chi connectivity index (χ0) is 22.9. The molecule has 32 heavy (non-hydrogen) atoms. The van der Waals surface area contributed by atoms with Gasteiger partial charge in [0, 0.05) is 16.6 Å². The Hall–Kier alpha value is -2.79. The smallest absolute Gasteiger partial charge is 0.335 e. The first kappa shape index (κ1) is 23.9. The Morgan fingerprint density at radius 3 is 2.44 bits per heavy atom. The number of aliphatic hydroxyl groups excluding tert-OH is 1. The largest absolute Gasteiger partial charge is 0.491 e. The van der Waals surface area contributed by atoms with Gasteiger partial charge in [-0.15, -0.1) is 0 Å². The van der Waals surface area contributed by atoms with E-state index in [1.165, 1.54) is 44.1 Å². The molecule has 1 aromatic heterocycles. The Kier molecular flexibility index (Phi) is 8.74. The summed E-state index contributed by atoms with van der Waals surface area (Å²) in [6.07, 6.45) is 8.22. The Labute approximate surface area is 190 Å². The molecule has 0 radical (unpaired) electrons. The number of nitrogens with zero attached hydrogens (tertiary/aromatic N) is 1. The van der Waals surface area contributed by atoms with Crippen LogP contribution in [0.25, 0.3) is 10.9 Å². The topological polar surface area (TPSA) is 71.7 Å². The monoisotopic (exact) mass is 437 g/mol. The Morgan fingerprint density at radius 1 is 1.00 bits per heavy atom. The summed E-state index contributed by atoms with van der Waals surface area (Å²) in [5.41, 5.74) is 3.47. The lowest BCUT2D eigenvalue weighted by Gasteiger charge is -2.16. The number of ether oxygens (including phenoxy) is 1. The first-order valence-electron chi connectivity index (χ1n) is 11.7. The molecule has 2 N–H and O–H groups in total. The van der Waals surface area contributed by atoms with E-state index in [9.17, 15) is 15.0 Å². The van der Waals surface area contributed by atoms with Crippen molar-refractivity contribution in [3.8, 4) is 5.75 Å². The lowest BCUT2D eigenvalue weighted by molar-refractivity contribution is 0.0697. The van der Waals surface area contributed by atoms with Crippen LogP contribution in [-0.4, -0.2) is 33.5 Å². The van der Waals surface area contributed by atoms with Crippen molar-refractivity contribution in [2.45, 2.75) is 71.4 Å². The molecule has 0 saturated heterocycles. The summed E-state index contributed by atoms with van der Waals surface area (Å²) in [6, 6.07) is 15.2. The van der Waals surface area contributed by atoms with E-state index in [0.29, 0.717) is 6.54 Å². The van der Waals surface area contributed by atoms with Crippen LogP contribution in [0.3, 0.4) is 0 Å². The lowest BCUT2D eigenvalue weighted by Crippen LogP contribution is -2.24. The average Bonchev–Trinajstić information content (AvgIpc) is 3.09. The van der Waals surface area contributed by atoms with Gasteiger partial charge in [0.15, 0.2) is 0 Å². The van der Waals surface area contributed by atoms with Gasteiger partial charge in [-0.2, -0.15) is 0 Å². The Balaban J connectivity index is 1.48. The minimum absolute atomic E-state index is 0.198. The molecule has 5 nitrogen and oxygen atoms in total. The van der Waals surface area contributed by atoms with Crippen LogP contribution in [0.15, 0.2) is 48.5 Å². The first-order valence-corrected chi connectivity index (χ1v) is 11.7. The van der Waals surface area contributed by atoms with Gasteiger partial charge in [-0.1, -0.05) is 51.2 Å². The van der Waals surface area contributed by atoms with Gasteiger partial charge in [-0.05, 0) is 61.7 Å². The molecule has 3 aromatic rings. The van der Waals surface area contributed by atoms with Crippen molar-refractivity contribution in [3.05, 3.63) is 65.4 Å². The lowest BCUT2D eigenvalue weighted by atomic mass is 10.0. The second-order valence-electron chi connectivity index (χ2n) is 8.60. The summed E-state index contributed by atoms with van der Waals surface area (Å²) in [4.78, 5) is 11.2. The SMILES string of the molecule is CCCCCCCCc1ccc(OCC(O)Cn2c(C)cc3cc(C(=O)O)ccc32)cc1. The van der Waals surface area contributed by atoms with E-state index in [0.717, 1.165) is 28.8 Å². The van der Waals surface area contributed by atoms with Crippen LogP contribution in [0, 0.1) is 6.92 Å². The molecular formula is C27H35NO4. The fourth-order valence-corrected chi connectivity index (χ4v) is 4.10. The predicted octanol–water partition coefficient (Wildman–Crippen LogP) is 5.99. The molecule has 2 aromatic carbocycles. The summed E-state index contributed by atoms with van der Waals surface area (Å²) < 4.78 is 7.80.